The third kappa shape index (κ3) is 5.52. The molecule has 0 saturated carbocycles. The number of halogens is 2. The lowest BCUT2D eigenvalue weighted by Crippen LogP contribution is -2.42. The number of rotatable bonds is 6. The largest absolute Gasteiger partial charge is 0.467 e. The summed E-state index contributed by atoms with van der Waals surface area (Å²) >= 11 is 3.14. The van der Waals surface area contributed by atoms with Gasteiger partial charge < -0.3 is 10.1 Å². The van der Waals surface area contributed by atoms with Crippen molar-refractivity contribution in [2.75, 3.05) is 7.11 Å². The van der Waals surface area contributed by atoms with E-state index in [1.165, 1.54) is 31.4 Å². The van der Waals surface area contributed by atoms with Crippen LogP contribution in [-0.2, 0) is 20.7 Å². The van der Waals surface area contributed by atoms with Crippen molar-refractivity contribution in [1.29, 1.82) is 0 Å². The molecule has 0 bridgehead atoms. The van der Waals surface area contributed by atoms with Gasteiger partial charge in [-0.1, -0.05) is 34.6 Å². The van der Waals surface area contributed by atoms with Gasteiger partial charge in [0.1, 0.15) is 11.9 Å². The zero-order chi connectivity index (χ0) is 15.1. The van der Waals surface area contributed by atoms with Gasteiger partial charge in [0, 0.05) is 6.42 Å². The zero-order valence-corrected chi connectivity index (χ0v) is 12.6. The summed E-state index contributed by atoms with van der Waals surface area (Å²) in [6.07, 6.45) is 0.296. The highest BCUT2D eigenvalue weighted by atomic mass is 79.9. The van der Waals surface area contributed by atoms with E-state index in [-0.39, 0.29) is 24.6 Å². The molecule has 20 heavy (non-hydrogen) atoms. The van der Waals surface area contributed by atoms with Crippen molar-refractivity contribution in [1.82, 2.24) is 5.32 Å². The third-order valence-electron chi connectivity index (χ3n) is 2.52. The summed E-state index contributed by atoms with van der Waals surface area (Å²) in [6.45, 7) is 3.63. The van der Waals surface area contributed by atoms with Crippen molar-refractivity contribution in [2.24, 2.45) is 0 Å². The highest BCUT2D eigenvalue weighted by Gasteiger charge is 2.21. The van der Waals surface area contributed by atoms with Crippen LogP contribution < -0.4 is 5.32 Å². The van der Waals surface area contributed by atoms with E-state index in [0.717, 1.165) is 0 Å². The van der Waals surface area contributed by atoms with Crippen LogP contribution in [0.1, 0.15) is 12.0 Å². The van der Waals surface area contributed by atoms with Crippen molar-refractivity contribution in [3.8, 4) is 0 Å². The summed E-state index contributed by atoms with van der Waals surface area (Å²) in [6, 6.07) is 4.80. The molecule has 0 aliphatic heterocycles. The molecule has 1 N–H and O–H groups in total. The van der Waals surface area contributed by atoms with Gasteiger partial charge >= 0.3 is 5.97 Å². The van der Waals surface area contributed by atoms with Gasteiger partial charge in [-0.15, -0.1) is 0 Å². The van der Waals surface area contributed by atoms with Gasteiger partial charge in [0.25, 0.3) is 0 Å². The van der Waals surface area contributed by atoms with E-state index < -0.39 is 12.0 Å². The summed E-state index contributed by atoms with van der Waals surface area (Å²) in [5, 5.41) is 2.56. The Hall–Kier alpha value is -1.69. The molecule has 0 saturated heterocycles. The first-order valence-electron chi connectivity index (χ1n) is 5.87. The Kier molecular flexibility index (Phi) is 6.38. The van der Waals surface area contributed by atoms with E-state index in [1.807, 2.05) is 0 Å². The van der Waals surface area contributed by atoms with E-state index >= 15 is 0 Å². The smallest absolute Gasteiger partial charge is 0.328 e. The van der Waals surface area contributed by atoms with Crippen molar-refractivity contribution in [3.05, 3.63) is 46.7 Å². The van der Waals surface area contributed by atoms with Crippen molar-refractivity contribution in [2.45, 2.75) is 18.9 Å². The molecule has 1 aromatic rings. The molecule has 0 heterocycles. The molecule has 1 rings (SSSR count). The normalized spacial score (nSPS) is 11.6. The number of hydrogen-bond donors (Lipinski definition) is 1. The Morgan fingerprint density at radius 2 is 2.00 bits per heavy atom. The average molecular weight is 344 g/mol. The van der Waals surface area contributed by atoms with Crippen LogP contribution in [0.3, 0.4) is 0 Å². The Bertz CT molecular complexity index is 502. The molecule has 1 aromatic carbocycles. The Labute approximate surface area is 125 Å². The van der Waals surface area contributed by atoms with Gasteiger partial charge in [-0.05, 0) is 22.2 Å². The molecule has 0 unspecified atom stereocenters. The standard InChI is InChI=1S/C14H15BrFNO3/c1-9(15)7-12(14(19)20-2)17-13(18)8-10-3-5-11(16)6-4-10/h3-6,12H,1,7-8H2,2H3,(H,17,18)/t12-/m0/s1. The minimum atomic E-state index is -0.792. The fourth-order valence-corrected chi connectivity index (χ4v) is 1.91. The van der Waals surface area contributed by atoms with Crippen molar-refractivity contribution >= 4 is 27.8 Å². The lowest BCUT2D eigenvalue weighted by Gasteiger charge is -2.16. The first-order valence-corrected chi connectivity index (χ1v) is 6.66. The minimum Gasteiger partial charge on any atom is -0.467 e. The molecule has 0 aromatic heterocycles. The highest BCUT2D eigenvalue weighted by molar-refractivity contribution is 9.11. The minimum absolute atomic E-state index is 0.0581. The molecule has 4 nitrogen and oxygen atoms in total. The van der Waals surface area contributed by atoms with Crippen molar-refractivity contribution in [3.63, 3.8) is 0 Å². The first-order chi connectivity index (χ1) is 9.42. The van der Waals surface area contributed by atoms with Crippen LogP contribution >= 0.6 is 15.9 Å². The van der Waals surface area contributed by atoms with Gasteiger partial charge in [0.15, 0.2) is 0 Å². The molecule has 0 spiro atoms. The fourth-order valence-electron chi connectivity index (χ4n) is 1.59. The van der Waals surface area contributed by atoms with Crippen LogP contribution in [0, 0.1) is 5.82 Å². The summed E-state index contributed by atoms with van der Waals surface area (Å²) in [7, 11) is 1.25. The molecular formula is C14H15BrFNO3. The van der Waals surface area contributed by atoms with Crippen LogP contribution in [0.25, 0.3) is 0 Å². The Balaban J connectivity index is 2.63. The van der Waals surface area contributed by atoms with Gasteiger partial charge in [0.2, 0.25) is 5.91 Å². The van der Waals surface area contributed by atoms with Crippen LogP contribution in [0.5, 0.6) is 0 Å². The average Bonchev–Trinajstić information content (AvgIpc) is 2.39. The summed E-state index contributed by atoms with van der Waals surface area (Å²) in [4.78, 5) is 23.4. The van der Waals surface area contributed by atoms with Gasteiger partial charge in [0.05, 0.1) is 13.5 Å². The second-order valence-electron chi connectivity index (χ2n) is 4.17. The summed E-state index contributed by atoms with van der Waals surface area (Å²) < 4.78 is 17.9. The number of nitrogens with one attached hydrogen (secondary N) is 1. The van der Waals surface area contributed by atoms with E-state index in [2.05, 4.69) is 32.6 Å². The predicted molar refractivity (Wildman–Crippen MR) is 76.7 cm³/mol. The third-order valence-corrected chi connectivity index (χ3v) is 2.85. The molecule has 0 fully saturated rings. The maximum atomic E-state index is 12.8. The van der Waals surface area contributed by atoms with E-state index in [0.29, 0.717) is 10.0 Å². The predicted octanol–water partition coefficient (Wildman–Crippen LogP) is 2.32. The maximum Gasteiger partial charge on any atom is 0.328 e. The summed E-state index contributed by atoms with van der Waals surface area (Å²) in [5.41, 5.74) is 0.658. The number of ether oxygens (including phenoxy) is 1. The number of carbonyl (C=O) groups is 2. The van der Waals surface area contributed by atoms with Crippen molar-refractivity contribution < 1.29 is 18.7 Å². The SMILES string of the molecule is C=C(Br)C[C@H](NC(=O)Cc1ccc(F)cc1)C(=O)OC. The molecular weight excluding hydrogens is 329 g/mol. The quantitative estimate of drug-likeness (QED) is 0.806. The number of benzene rings is 1. The highest BCUT2D eigenvalue weighted by Crippen LogP contribution is 2.11. The molecule has 0 aliphatic carbocycles. The second kappa shape index (κ2) is 7.79. The lowest BCUT2D eigenvalue weighted by atomic mass is 10.1. The molecule has 108 valence electrons. The number of methoxy groups -OCH3 is 1. The van der Waals surface area contributed by atoms with Crippen LogP contribution in [0.4, 0.5) is 4.39 Å². The Morgan fingerprint density at radius 3 is 2.50 bits per heavy atom. The van der Waals surface area contributed by atoms with Crippen LogP contribution in [-0.4, -0.2) is 25.0 Å². The molecule has 1 amide bonds. The summed E-state index contributed by atoms with van der Waals surface area (Å²) in [5.74, 6) is -1.25. The van der Waals surface area contributed by atoms with Crippen LogP contribution in [0.2, 0.25) is 0 Å². The molecule has 1 atom stereocenters. The van der Waals surface area contributed by atoms with Gasteiger partial charge in [-0.2, -0.15) is 0 Å². The van der Waals surface area contributed by atoms with Gasteiger partial charge in [-0.3, -0.25) is 4.79 Å². The van der Waals surface area contributed by atoms with Gasteiger partial charge in [-0.25, -0.2) is 9.18 Å². The first kappa shape index (κ1) is 16.4. The maximum absolute atomic E-state index is 12.8. The lowest BCUT2D eigenvalue weighted by molar-refractivity contribution is -0.144. The fraction of sp³-hybridized carbons (Fsp3) is 0.286. The van der Waals surface area contributed by atoms with E-state index in [9.17, 15) is 14.0 Å². The number of hydrogen-bond acceptors (Lipinski definition) is 3. The zero-order valence-electron chi connectivity index (χ0n) is 11.0. The topological polar surface area (TPSA) is 55.4 Å². The second-order valence-corrected chi connectivity index (χ2v) is 5.29. The number of carbonyl (C=O) groups excluding carboxylic acids is 2. The monoisotopic (exact) mass is 343 g/mol. The number of amides is 1. The molecule has 0 radical (unpaired) electrons. The Morgan fingerprint density at radius 1 is 1.40 bits per heavy atom. The molecule has 0 aliphatic rings. The number of esters is 1. The van der Waals surface area contributed by atoms with E-state index in [4.69, 9.17) is 0 Å². The van der Waals surface area contributed by atoms with Crippen LogP contribution in [0.15, 0.2) is 35.3 Å². The molecule has 6 heteroatoms. The van der Waals surface area contributed by atoms with E-state index in [1.54, 1.807) is 0 Å².